The van der Waals surface area contributed by atoms with Crippen LogP contribution < -0.4 is 5.32 Å². The van der Waals surface area contributed by atoms with Gasteiger partial charge in [-0.15, -0.1) is 0 Å². The maximum Gasteiger partial charge on any atom is 0.338 e. The molecule has 9 nitrogen and oxygen atoms in total. The van der Waals surface area contributed by atoms with Gasteiger partial charge in [-0.05, 0) is 36.8 Å². The molecule has 0 bridgehead atoms. The van der Waals surface area contributed by atoms with Gasteiger partial charge in [0.25, 0.3) is 11.6 Å². The van der Waals surface area contributed by atoms with Crippen LogP contribution in [0.25, 0.3) is 0 Å². The number of aryl methyl sites for hydroxylation is 1. The van der Waals surface area contributed by atoms with Gasteiger partial charge in [0.05, 0.1) is 23.2 Å². The number of carbonyl (C=O) groups is 3. The number of hydrogen-bond acceptors (Lipinski definition) is 7. The fraction of sp³-hybridized carbons (Fsp3) is 0.167. The van der Waals surface area contributed by atoms with Crippen molar-refractivity contribution < 1.29 is 28.8 Å². The van der Waals surface area contributed by atoms with Crippen molar-refractivity contribution in [3.05, 3.63) is 68.2 Å². The summed E-state index contributed by atoms with van der Waals surface area (Å²) in [4.78, 5) is 45.8. The van der Waals surface area contributed by atoms with Crippen LogP contribution in [0.5, 0.6) is 0 Å². The monoisotopic (exact) mass is 406 g/mol. The Morgan fingerprint density at radius 3 is 2.39 bits per heavy atom. The number of halogens is 1. The second-order valence-electron chi connectivity index (χ2n) is 5.57. The molecule has 0 heterocycles. The van der Waals surface area contributed by atoms with Crippen molar-refractivity contribution in [2.75, 3.05) is 19.0 Å². The highest BCUT2D eigenvalue weighted by Crippen LogP contribution is 2.25. The maximum atomic E-state index is 12.0. The van der Waals surface area contributed by atoms with Crippen molar-refractivity contribution >= 4 is 40.8 Å². The van der Waals surface area contributed by atoms with Gasteiger partial charge in [-0.2, -0.15) is 0 Å². The molecule has 1 amide bonds. The number of rotatable bonds is 6. The number of benzene rings is 2. The van der Waals surface area contributed by atoms with Crippen molar-refractivity contribution in [3.8, 4) is 0 Å². The number of anilines is 1. The average molecular weight is 407 g/mol. The van der Waals surface area contributed by atoms with E-state index >= 15 is 0 Å². The Hall–Kier alpha value is -3.46. The predicted octanol–water partition coefficient (Wildman–Crippen LogP) is 3.14. The number of ether oxygens (including phenoxy) is 2. The molecule has 0 saturated carbocycles. The lowest BCUT2D eigenvalue weighted by atomic mass is 10.1. The van der Waals surface area contributed by atoms with E-state index in [1.807, 2.05) is 0 Å². The molecule has 0 fully saturated rings. The molecule has 2 aromatic rings. The first-order chi connectivity index (χ1) is 13.2. The van der Waals surface area contributed by atoms with E-state index in [-0.39, 0.29) is 16.1 Å². The highest BCUT2D eigenvalue weighted by atomic mass is 35.5. The molecule has 0 radical (unpaired) electrons. The van der Waals surface area contributed by atoms with Gasteiger partial charge in [-0.1, -0.05) is 17.7 Å². The number of nitro benzene ring substituents is 1. The standard InChI is InChI=1S/C18H15ClN2O7/c1-10-3-4-11(17(23)27-2)7-14(10)20-16(22)9-28-18(24)12-5-6-13(19)15(8-12)21(25)26/h3-8H,9H2,1-2H3,(H,20,22). The van der Waals surface area contributed by atoms with Crippen LogP contribution in [0.2, 0.25) is 5.02 Å². The molecule has 0 aliphatic rings. The highest BCUT2D eigenvalue weighted by molar-refractivity contribution is 6.32. The van der Waals surface area contributed by atoms with Crippen molar-refractivity contribution in [2.24, 2.45) is 0 Å². The molecule has 28 heavy (non-hydrogen) atoms. The van der Waals surface area contributed by atoms with Crippen LogP contribution in [0.1, 0.15) is 26.3 Å². The minimum atomic E-state index is -0.921. The van der Waals surface area contributed by atoms with E-state index in [0.29, 0.717) is 11.3 Å². The maximum absolute atomic E-state index is 12.0. The molecule has 10 heteroatoms. The van der Waals surface area contributed by atoms with E-state index in [1.54, 1.807) is 19.1 Å². The van der Waals surface area contributed by atoms with E-state index in [1.165, 1.54) is 25.3 Å². The number of nitrogens with zero attached hydrogens (tertiary/aromatic N) is 1. The van der Waals surface area contributed by atoms with E-state index in [4.69, 9.17) is 16.3 Å². The molecule has 0 aromatic heterocycles. The molecule has 2 aromatic carbocycles. The van der Waals surface area contributed by atoms with Gasteiger partial charge in [0.1, 0.15) is 5.02 Å². The molecule has 0 aliphatic heterocycles. The summed E-state index contributed by atoms with van der Waals surface area (Å²) in [6.07, 6.45) is 0. The topological polar surface area (TPSA) is 125 Å². The smallest absolute Gasteiger partial charge is 0.338 e. The van der Waals surface area contributed by atoms with Crippen LogP contribution in [-0.2, 0) is 14.3 Å². The number of hydrogen-bond donors (Lipinski definition) is 1. The first kappa shape index (κ1) is 20.8. The van der Waals surface area contributed by atoms with E-state index in [2.05, 4.69) is 10.1 Å². The summed E-state index contributed by atoms with van der Waals surface area (Å²) < 4.78 is 9.49. The van der Waals surface area contributed by atoms with Gasteiger partial charge in [-0.25, -0.2) is 9.59 Å². The van der Waals surface area contributed by atoms with Gasteiger partial charge < -0.3 is 14.8 Å². The lowest BCUT2D eigenvalue weighted by molar-refractivity contribution is -0.384. The third-order valence-corrected chi connectivity index (χ3v) is 3.97. The van der Waals surface area contributed by atoms with Crippen LogP contribution in [0.15, 0.2) is 36.4 Å². The molecule has 0 saturated heterocycles. The summed E-state index contributed by atoms with van der Waals surface area (Å²) in [5.41, 5.74) is 0.712. The van der Waals surface area contributed by atoms with Crippen molar-refractivity contribution in [2.45, 2.75) is 6.92 Å². The molecular weight excluding hydrogens is 392 g/mol. The number of esters is 2. The lowest BCUT2D eigenvalue weighted by Crippen LogP contribution is -2.21. The highest BCUT2D eigenvalue weighted by Gasteiger charge is 2.18. The molecule has 0 atom stereocenters. The normalized spacial score (nSPS) is 10.1. The Morgan fingerprint density at radius 1 is 1.11 bits per heavy atom. The first-order valence-electron chi connectivity index (χ1n) is 7.82. The third kappa shape index (κ3) is 5.04. The summed E-state index contributed by atoms with van der Waals surface area (Å²) in [5.74, 6) is -2.14. The minimum absolute atomic E-state index is 0.118. The third-order valence-electron chi connectivity index (χ3n) is 3.65. The number of nitrogens with one attached hydrogen (secondary N) is 1. The van der Waals surface area contributed by atoms with E-state index in [0.717, 1.165) is 6.07 Å². The van der Waals surface area contributed by atoms with Gasteiger partial charge in [0, 0.05) is 11.8 Å². The quantitative estimate of drug-likeness (QED) is 0.443. The van der Waals surface area contributed by atoms with Gasteiger partial charge in [0.2, 0.25) is 0 Å². The largest absolute Gasteiger partial charge is 0.465 e. The molecule has 0 spiro atoms. The number of nitro groups is 1. The van der Waals surface area contributed by atoms with Crippen LogP contribution in [-0.4, -0.2) is 36.5 Å². The summed E-state index contributed by atoms with van der Waals surface area (Å²) >= 11 is 5.68. The molecule has 0 unspecified atom stereocenters. The zero-order chi connectivity index (χ0) is 20.8. The zero-order valence-electron chi connectivity index (χ0n) is 14.9. The second kappa shape index (κ2) is 8.96. The second-order valence-corrected chi connectivity index (χ2v) is 5.98. The summed E-state index contributed by atoms with van der Waals surface area (Å²) in [7, 11) is 1.24. The van der Waals surface area contributed by atoms with Crippen molar-refractivity contribution in [3.63, 3.8) is 0 Å². The van der Waals surface area contributed by atoms with Gasteiger partial charge in [-0.3, -0.25) is 14.9 Å². The van der Waals surface area contributed by atoms with Crippen LogP contribution >= 0.6 is 11.6 Å². The molecule has 0 aliphatic carbocycles. The van der Waals surface area contributed by atoms with Gasteiger partial charge >= 0.3 is 11.9 Å². The predicted molar refractivity (Wildman–Crippen MR) is 99.5 cm³/mol. The minimum Gasteiger partial charge on any atom is -0.465 e. The van der Waals surface area contributed by atoms with E-state index < -0.39 is 35.1 Å². The molecular formula is C18H15ClN2O7. The van der Waals surface area contributed by atoms with Gasteiger partial charge in [0.15, 0.2) is 6.61 Å². The SMILES string of the molecule is COC(=O)c1ccc(C)c(NC(=O)COC(=O)c2ccc(Cl)c([N+](=O)[O-])c2)c1. The number of carbonyl (C=O) groups excluding carboxylic acids is 3. The first-order valence-corrected chi connectivity index (χ1v) is 8.20. The van der Waals surface area contributed by atoms with Crippen LogP contribution in [0, 0.1) is 17.0 Å². The Labute approximate surface area is 164 Å². The Kier molecular flexibility index (Phi) is 6.67. The Balaban J connectivity index is 2.03. The Bertz CT molecular complexity index is 959. The van der Waals surface area contributed by atoms with Crippen LogP contribution in [0.4, 0.5) is 11.4 Å². The summed E-state index contributed by atoms with van der Waals surface area (Å²) in [5, 5.41) is 13.3. The summed E-state index contributed by atoms with van der Waals surface area (Å²) in [6.45, 7) is 1.09. The van der Waals surface area contributed by atoms with E-state index in [9.17, 15) is 24.5 Å². The molecule has 146 valence electrons. The lowest BCUT2D eigenvalue weighted by Gasteiger charge is -2.10. The number of methoxy groups -OCH3 is 1. The zero-order valence-corrected chi connectivity index (χ0v) is 15.6. The summed E-state index contributed by atoms with van der Waals surface area (Å²) in [6, 6.07) is 8.01. The van der Waals surface area contributed by atoms with Crippen molar-refractivity contribution in [1.29, 1.82) is 0 Å². The molecule has 1 N–H and O–H groups in total. The average Bonchev–Trinajstić information content (AvgIpc) is 2.67. The molecule has 2 rings (SSSR count). The fourth-order valence-electron chi connectivity index (χ4n) is 2.18. The number of amides is 1. The Morgan fingerprint density at radius 2 is 1.75 bits per heavy atom. The fourth-order valence-corrected chi connectivity index (χ4v) is 2.37. The van der Waals surface area contributed by atoms with Crippen LogP contribution in [0.3, 0.4) is 0 Å². The van der Waals surface area contributed by atoms with Crippen molar-refractivity contribution in [1.82, 2.24) is 0 Å².